The lowest BCUT2D eigenvalue weighted by Crippen LogP contribution is -2.47. The average molecular weight is 330 g/mol. The molecule has 1 heterocycles. The number of piperidine rings is 1. The van der Waals surface area contributed by atoms with Crippen LogP contribution >= 0.6 is 0 Å². The standard InChI is InChI=1S/C19H26N2O3/c1-3-24-17-12-16(17)19(23)21-10-8-14(9-11-21)20-18(22)15-7-5-4-6-13(15)2/h4-7,14,16-17H,3,8-12H2,1-2H3,(H,20,22). The van der Waals surface area contributed by atoms with Crippen LogP contribution in [0.2, 0.25) is 0 Å². The first kappa shape index (κ1) is 17.0. The smallest absolute Gasteiger partial charge is 0.251 e. The van der Waals surface area contributed by atoms with Crippen LogP contribution in [0, 0.1) is 12.8 Å². The van der Waals surface area contributed by atoms with Crippen molar-refractivity contribution in [2.75, 3.05) is 19.7 Å². The van der Waals surface area contributed by atoms with Gasteiger partial charge in [-0.05, 0) is 44.7 Å². The van der Waals surface area contributed by atoms with Gasteiger partial charge >= 0.3 is 0 Å². The number of aryl methyl sites for hydroxylation is 1. The van der Waals surface area contributed by atoms with Gasteiger partial charge < -0.3 is 15.0 Å². The minimum absolute atomic E-state index is 0.0171. The topological polar surface area (TPSA) is 58.6 Å². The van der Waals surface area contributed by atoms with Crippen molar-refractivity contribution in [3.63, 3.8) is 0 Å². The average Bonchev–Trinajstić information content (AvgIpc) is 3.35. The first-order valence-electron chi connectivity index (χ1n) is 8.87. The van der Waals surface area contributed by atoms with E-state index in [0.717, 1.165) is 30.4 Å². The molecule has 1 aromatic rings. The predicted molar refractivity (Wildman–Crippen MR) is 91.8 cm³/mol. The number of carbonyl (C=O) groups is 2. The van der Waals surface area contributed by atoms with Crippen LogP contribution in [-0.2, 0) is 9.53 Å². The highest BCUT2D eigenvalue weighted by atomic mass is 16.5. The maximum Gasteiger partial charge on any atom is 0.251 e. The molecule has 24 heavy (non-hydrogen) atoms. The number of nitrogens with zero attached hydrogens (tertiary/aromatic N) is 1. The molecule has 5 heteroatoms. The van der Waals surface area contributed by atoms with Crippen LogP contribution in [0.25, 0.3) is 0 Å². The Kier molecular flexibility index (Phi) is 5.19. The first-order chi connectivity index (χ1) is 11.6. The van der Waals surface area contributed by atoms with E-state index in [9.17, 15) is 9.59 Å². The molecule has 2 aliphatic rings. The third kappa shape index (κ3) is 3.78. The molecule has 1 N–H and O–H groups in total. The summed E-state index contributed by atoms with van der Waals surface area (Å²) in [5, 5.41) is 3.11. The van der Waals surface area contributed by atoms with Gasteiger partial charge in [-0.25, -0.2) is 0 Å². The Hall–Kier alpha value is -1.88. The fourth-order valence-corrected chi connectivity index (χ4v) is 3.40. The second-order valence-corrected chi connectivity index (χ2v) is 6.72. The molecule has 0 aromatic heterocycles. The van der Waals surface area contributed by atoms with Crippen LogP contribution in [0.4, 0.5) is 0 Å². The number of rotatable bonds is 5. The maximum atomic E-state index is 12.4. The van der Waals surface area contributed by atoms with E-state index < -0.39 is 0 Å². The lowest BCUT2D eigenvalue weighted by atomic mass is 10.0. The molecule has 1 aromatic carbocycles. The van der Waals surface area contributed by atoms with Crippen molar-refractivity contribution in [2.45, 2.75) is 45.3 Å². The van der Waals surface area contributed by atoms with Crippen molar-refractivity contribution < 1.29 is 14.3 Å². The fourth-order valence-electron chi connectivity index (χ4n) is 3.40. The zero-order valence-electron chi connectivity index (χ0n) is 14.5. The molecule has 1 aliphatic heterocycles. The highest BCUT2D eigenvalue weighted by Gasteiger charge is 2.46. The van der Waals surface area contributed by atoms with Gasteiger partial charge in [-0.3, -0.25) is 9.59 Å². The summed E-state index contributed by atoms with van der Waals surface area (Å²) in [5.41, 5.74) is 1.71. The molecular formula is C19H26N2O3. The Labute approximate surface area is 143 Å². The first-order valence-corrected chi connectivity index (χ1v) is 8.87. The highest BCUT2D eigenvalue weighted by molar-refractivity contribution is 5.95. The SMILES string of the molecule is CCOC1CC1C(=O)N1CCC(NC(=O)c2ccccc2C)CC1. The summed E-state index contributed by atoms with van der Waals surface area (Å²) in [5.74, 6) is 0.261. The Morgan fingerprint density at radius 1 is 1.25 bits per heavy atom. The molecule has 2 amide bonds. The van der Waals surface area contributed by atoms with Gasteiger partial charge in [0.05, 0.1) is 12.0 Å². The van der Waals surface area contributed by atoms with E-state index in [2.05, 4.69) is 5.32 Å². The molecule has 1 saturated carbocycles. The van der Waals surface area contributed by atoms with Crippen molar-refractivity contribution in [1.82, 2.24) is 10.2 Å². The second-order valence-electron chi connectivity index (χ2n) is 6.72. The van der Waals surface area contributed by atoms with Gasteiger partial charge in [0.2, 0.25) is 5.91 Å². The Balaban J connectivity index is 1.46. The summed E-state index contributed by atoms with van der Waals surface area (Å²) < 4.78 is 5.51. The Morgan fingerprint density at radius 3 is 2.62 bits per heavy atom. The molecule has 0 spiro atoms. The number of hydrogen-bond acceptors (Lipinski definition) is 3. The summed E-state index contributed by atoms with van der Waals surface area (Å²) in [4.78, 5) is 26.7. The summed E-state index contributed by atoms with van der Waals surface area (Å²) in [6, 6.07) is 7.75. The molecule has 2 fully saturated rings. The van der Waals surface area contributed by atoms with Crippen LogP contribution in [0.1, 0.15) is 42.1 Å². The van der Waals surface area contributed by atoms with Gasteiger partial charge in [-0.2, -0.15) is 0 Å². The van der Waals surface area contributed by atoms with Crippen molar-refractivity contribution in [2.24, 2.45) is 5.92 Å². The van der Waals surface area contributed by atoms with E-state index in [1.165, 1.54) is 0 Å². The van der Waals surface area contributed by atoms with Gasteiger partial charge in [0.1, 0.15) is 0 Å². The van der Waals surface area contributed by atoms with Gasteiger partial charge in [-0.1, -0.05) is 18.2 Å². The lowest BCUT2D eigenvalue weighted by molar-refractivity contribution is -0.134. The van der Waals surface area contributed by atoms with Gasteiger partial charge in [0, 0.05) is 31.3 Å². The highest BCUT2D eigenvalue weighted by Crippen LogP contribution is 2.36. The molecule has 0 bridgehead atoms. The van der Waals surface area contributed by atoms with E-state index in [0.29, 0.717) is 19.7 Å². The molecule has 5 nitrogen and oxygen atoms in total. The zero-order chi connectivity index (χ0) is 17.1. The van der Waals surface area contributed by atoms with Crippen LogP contribution < -0.4 is 5.32 Å². The summed E-state index contributed by atoms with van der Waals surface area (Å²) in [6.45, 7) is 6.00. The molecule has 1 saturated heterocycles. The van der Waals surface area contributed by atoms with E-state index in [4.69, 9.17) is 4.74 Å². The summed E-state index contributed by atoms with van der Waals surface area (Å²) >= 11 is 0. The number of likely N-dealkylation sites (tertiary alicyclic amines) is 1. The monoisotopic (exact) mass is 330 g/mol. The Bertz CT molecular complexity index is 608. The molecular weight excluding hydrogens is 304 g/mol. The molecule has 130 valence electrons. The van der Waals surface area contributed by atoms with Crippen LogP contribution in [0.5, 0.6) is 0 Å². The van der Waals surface area contributed by atoms with E-state index in [-0.39, 0.29) is 29.9 Å². The fraction of sp³-hybridized carbons (Fsp3) is 0.579. The Morgan fingerprint density at radius 2 is 1.96 bits per heavy atom. The minimum Gasteiger partial charge on any atom is -0.378 e. The molecule has 3 rings (SSSR count). The zero-order valence-corrected chi connectivity index (χ0v) is 14.5. The van der Waals surface area contributed by atoms with Crippen LogP contribution in [0.3, 0.4) is 0 Å². The number of carbonyl (C=O) groups excluding carboxylic acids is 2. The summed E-state index contributed by atoms with van der Waals surface area (Å²) in [6.07, 6.45) is 2.61. The number of hydrogen-bond donors (Lipinski definition) is 1. The summed E-state index contributed by atoms with van der Waals surface area (Å²) in [7, 11) is 0. The molecule has 0 radical (unpaired) electrons. The minimum atomic E-state index is -0.0171. The van der Waals surface area contributed by atoms with E-state index in [1.54, 1.807) is 0 Å². The normalized spacial score (nSPS) is 23.8. The number of amides is 2. The predicted octanol–water partition coefficient (Wildman–Crippen LogP) is 2.14. The molecule has 2 atom stereocenters. The van der Waals surface area contributed by atoms with Gasteiger partial charge in [0.25, 0.3) is 5.91 Å². The quantitative estimate of drug-likeness (QED) is 0.900. The van der Waals surface area contributed by atoms with Crippen LogP contribution in [-0.4, -0.2) is 48.6 Å². The van der Waals surface area contributed by atoms with Crippen LogP contribution in [0.15, 0.2) is 24.3 Å². The lowest BCUT2D eigenvalue weighted by Gasteiger charge is -2.32. The van der Waals surface area contributed by atoms with Gasteiger partial charge in [0.15, 0.2) is 0 Å². The van der Waals surface area contributed by atoms with Crippen molar-refractivity contribution in [3.05, 3.63) is 35.4 Å². The third-order valence-corrected chi connectivity index (χ3v) is 4.96. The van der Waals surface area contributed by atoms with Gasteiger partial charge in [-0.15, -0.1) is 0 Å². The van der Waals surface area contributed by atoms with E-state index in [1.807, 2.05) is 43.0 Å². The van der Waals surface area contributed by atoms with Crippen molar-refractivity contribution in [1.29, 1.82) is 0 Å². The molecule has 2 unspecified atom stereocenters. The third-order valence-electron chi connectivity index (χ3n) is 4.96. The second kappa shape index (κ2) is 7.34. The number of benzene rings is 1. The van der Waals surface area contributed by atoms with E-state index >= 15 is 0 Å². The molecule has 1 aliphatic carbocycles. The largest absolute Gasteiger partial charge is 0.378 e. The number of nitrogens with one attached hydrogen (secondary N) is 1. The van der Waals surface area contributed by atoms with Crippen molar-refractivity contribution in [3.8, 4) is 0 Å². The van der Waals surface area contributed by atoms with Crippen molar-refractivity contribution >= 4 is 11.8 Å². The maximum absolute atomic E-state index is 12.4. The number of ether oxygens (including phenoxy) is 1.